The first-order valence-electron chi connectivity index (χ1n) is 6.95. The number of anilines is 1. The number of hydrogen-bond donors (Lipinski definition) is 1. The first-order chi connectivity index (χ1) is 11.0. The first kappa shape index (κ1) is 16.7. The van der Waals surface area contributed by atoms with E-state index >= 15 is 0 Å². The Kier molecular flexibility index (Phi) is 5.14. The smallest absolute Gasteiger partial charge is 0.357 e. The van der Waals surface area contributed by atoms with Gasteiger partial charge in [-0.2, -0.15) is 5.26 Å². The summed E-state index contributed by atoms with van der Waals surface area (Å²) in [4.78, 5) is 12.0. The fourth-order valence-electron chi connectivity index (χ4n) is 2.09. The number of halogens is 1. The molecule has 0 unspecified atom stereocenters. The van der Waals surface area contributed by atoms with Crippen LogP contribution in [0.5, 0.6) is 5.75 Å². The number of rotatable bonds is 5. The number of nitrogen functional groups attached to an aromatic ring is 1. The lowest BCUT2D eigenvalue weighted by Crippen LogP contribution is -2.11. The summed E-state index contributed by atoms with van der Waals surface area (Å²) < 4.78 is 11.7. The van der Waals surface area contributed by atoms with Crippen LogP contribution in [0.15, 0.2) is 24.4 Å². The molecule has 0 spiro atoms. The molecular formula is C16H16ClN3O3. The highest BCUT2D eigenvalue weighted by Crippen LogP contribution is 2.30. The normalized spacial score (nSPS) is 10.2. The minimum atomic E-state index is -0.633. The van der Waals surface area contributed by atoms with Crippen LogP contribution in [0.4, 0.5) is 5.69 Å². The molecule has 1 aromatic carbocycles. The molecular weight excluding hydrogens is 318 g/mol. The summed E-state index contributed by atoms with van der Waals surface area (Å²) in [5, 5.41) is 9.51. The number of aromatic nitrogens is 1. The lowest BCUT2D eigenvalue weighted by molar-refractivity contribution is 0.0593. The molecule has 23 heavy (non-hydrogen) atoms. The number of carbonyl (C=O) groups excluding carboxylic acids is 1. The van der Waals surface area contributed by atoms with E-state index in [0.717, 1.165) is 6.42 Å². The number of benzene rings is 1. The number of carbonyl (C=O) groups is 1. The van der Waals surface area contributed by atoms with Gasteiger partial charge in [-0.25, -0.2) is 4.79 Å². The van der Waals surface area contributed by atoms with Crippen molar-refractivity contribution in [1.29, 1.82) is 5.26 Å². The fraction of sp³-hybridized carbons (Fsp3) is 0.250. The van der Waals surface area contributed by atoms with Gasteiger partial charge in [-0.1, -0.05) is 18.5 Å². The van der Waals surface area contributed by atoms with Crippen molar-refractivity contribution in [3.63, 3.8) is 0 Å². The van der Waals surface area contributed by atoms with Crippen LogP contribution in [0.2, 0.25) is 5.02 Å². The van der Waals surface area contributed by atoms with Gasteiger partial charge in [0.15, 0.2) is 5.69 Å². The molecule has 0 bridgehead atoms. The molecule has 0 aliphatic rings. The number of hydrogen-bond acceptors (Lipinski definition) is 5. The molecule has 6 nitrogen and oxygen atoms in total. The Bertz CT molecular complexity index is 778. The van der Waals surface area contributed by atoms with Crippen LogP contribution in [0.3, 0.4) is 0 Å². The van der Waals surface area contributed by atoms with E-state index in [1.165, 1.54) is 17.9 Å². The predicted molar refractivity (Wildman–Crippen MR) is 87.0 cm³/mol. The van der Waals surface area contributed by atoms with E-state index in [1.54, 1.807) is 18.2 Å². The third kappa shape index (κ3) is 3.25. The van der Waals surface area contributed by atoms with Gasteiger partial charge < -0.3 is 19.8 Å². The number of nitrogens with two attached hydrogens (primary N) is 1. The zero-order valence-electron chi connectivity index (χ0n) is 12.8. The maximum absolute atomic E-state index is 12.0. The minimum Gasteiger partial charge on any atom is -0.492 e. The van der Waals surface area contributed by atoms with Crippen LogP contribution in [0.25, 0.3) is 5.69 Å². The van der Waals surface area contributed by atoms with Gasteiger partial charge in [-0.3, -0.25) is 0 Å². The van der Waals surface area contributed by atoms with E-state index in [-0.39, 0.29) is 16.9 Å². The topological polar surface area (TPSA) is 90.3 Å². The Morgan fingerprint density at radius 3 is 2.78 bits per heavy atom. The second-order valence-electron chi connectivity index (χ2n) is 4.74. The van der Waals surface area contributed by atoms with Gasteiger partial charge >= 0.3 is 5.97 Å². The van der Waals surface area contributed by atoms with Crippen LogP contribution >= 0.6 is 11.6 Å². The van der Waals surface area contributed by atoms with Crippen molar-refractivity contribution in [2.75, 3.05) is 19.5 Å². The number of nitriles is 1. The van der Waals surface area contributed by atoms with Crippen LogP contribution < -0.4 is 10.5 Å². The molecule has 0 amide bonds. The van der Waals surface area contributed by atoms with Crippen molar-refractivity contribution >= 4 is 23.3 Å². The lowest BCUT2D eigenvalue weighted by Gasteiger charge is -2.11. The van der Waals surface area contributed by atoms with Crippen LogP contribution in [0, 0.1) is 11.3 Å². The zero-order valence-corrected chi connectivity index (χ0v) is 13.6. The van der Waals surface area contributed by atoms with Crippen molar-refractivity contribution in [3.05, 3.63) is 40.7 Å². The second kappa shape index (κ2) is 7.07. The van der Waals surface area contributed by atoms with Gasteiger partial charge in [0.25, 0.3) is 0 Å². The van der Waals surface area contributed by atoms with Gasteiger partial charge in [0.1, 0.15) is 11.8 Å². The van der Waals surface area contributed by atoms with Crippen molar-refractivity contribution in [2.45, 2.75) is 13.3 Å². The molecule has 0 atom stereocenters. The molecule has 0 fully saturated rings. The quantitative estimate of drug-likeness (QED) is 0.849. The van der Waals surface area contributed by atoms with Crippen LogP contribution in [-0.4, -0.2) is 24.3 Å². The van der Waals surface area contributed by atoms with E-state index < -0.39 is 5.97 Å². The van der Waals surface area contributed by atoms with Crippen molar-refractivity contribution < 1.29 is 14.3 Å². The van der Waals surface area contributed by atoms with E-state index in [4.69, 9.17) is 32.1 Å². The number of ether oxygens (including phenoxy) is 2. The average molecular weight is 334 g/mol. The van der Waals surface area contributed by atoms with Crippen molar-refractivity contribution in [3.8, 4) is 17.5 Å². The van der Waals surface area contributed by atoms with Gasteiger partial charge in [0.2, 0.25) is 0 Å². The lowest BCUT2D eigenvalue weighted by atomic mass is 10.2. The molecule has 2 N–H and O–H groups in total. The Balaban J connectivity index is 2.52. The molecule has 0 saturated carbocycles. The molecule has 0 saturated heterocycles. The molecule has 120 valence electrons. The van der Waals surface area contributed by atoms with E-state index in [0.29, 0.717) is 23.1 Å². The Morgan fingerprint density at radius 1 is 1.48 bits per heavy atom. The maximum Gasteiger partial charge on any atom is 0.357 e. The molecule has 2 aromatic rings. The highest BCUT2D eigenvalue weighted by atomic mass is 35.5. The highest BCUT2D eigenvalue weighted by molar-refractivity contribution is 6.32. The fourth-order valence-corrected chi connectivity index (χ4v) is 2.32. The third-order valence-electron chi connectivity index (χ3n) is 3.20. The summed E-state index contributed by atoms with van der Waals surface area (Å²) in [7, 11) is 1.25. The molecule has 1 aromatic heterocycles. The Morgan fingerprint density at radius 2 is 2.22 bits per heavy atom. The summed E-state index contributed by atoms with van der Waals surface area (Å²) in [6.07, 6.45) is 2.34. The van der Waals surface area contributed by atoms with Crippen molar-refractivity contribution in [2.24, 2.45) is 0 Å². The maximum atomic E-state index is 12.0. The number of methoxy groups -OCH3 is 1. The average Bonchev–Trinajstić information content (AvgIpc) is 2.89. The van der Waals surface area contributed by atoms with Gasteiger partial charge in [-0.05, 0) is 24.6 Å². The zero-order chi connectivity index (χ0) is 17.0. The van der Waals surface area contributed by atoms with E-state index in [2.05, 4.69) is 0 Å². The number of esters is 1. The van der Waals surface area contributed by atoms with E-state index in [1.807, 2.05) is 13.0 Å². The number of nitrogens with zero attached hydrogens (tertiary/aromatic N) is 2. The first-order valence-corrected chi connectivity index (χ1v) is 7.33. The minimum absolute atomic E-state index is 0.0711. The summed E-state index contributed by atoms with van der Waals surface area (Å²) in [5.41, 5.74) is 6.78. The standard InChI is InChI=1S/C16H16ClN3O3/c1-3-6-23-13-5-4-11(7-12(13)17)20-9-10(8-18)14(19)15(20)16(21)22-2/h4-5,7,9H,3,6,19H2,1-2H3. The van der Waals surface area contributed by atoms with E-state index in [9.17, 15) is 4.79 Å². The van der Waals surface area contributed by atoms with Gasteiger partial charge in [0, 0.05) is 11.9 Å². The molecule has 0 aliphatic heterocycles. The van der Waals surface area contributed by atoms with Crippen LogP contribution in [-0.2, 0) is 4.74 Å². The monoisotopic (exact) mass is 333 g/mol. The Labute approximate surface area is 139 Å². The summed E-state index contributed by atoms with van der Waals surface area (Å²) in [6.45, 7) is 2.55. The molecule has 1 heterocycles. The van der Waals surface area contributed by atoms with Crippen molar-refractivity contribution in [1.82, 2.24) is 4.57 Å². The largest absolute Gasteiger partial charge is 0.492 e. The third-order valence-corrected chi connectivity index (χ3v) is 3.49. The summed E-state index contributed by atoms with van der Waals surface area (Å²) in [6, 6.07) is 7.02. The second-order valence-corrected chi connectivity index (χ2v) is 5.15. The molecule has 0 radical (unpaired) electrons. The summed E-state index contributed by atoms with van der Waals surface area (Å²) in [5.74, 6) is -0.0797. The summed E-state index contributed by atoms with van der Waals surface area (Å²) >= 11 is 6.21. The molecule has 2 rings (SSSR count). The predicted octanol–water partition coefficient (Wildman–Crippen LogP) is 3.16. The highest BCUT2D eigenvalue weighted by Gasteiger charge is 2.22. The molecule has 0 aliphatic carbocycles. The van der Waals surface area contributed by atoms with Crippen LogP contribution in [0.1, 0.15) is 29.4 Å². The van der Waals surface area contributed by atoms with Gasteiger partial charge in [0.05, 0.1) is 30.0 Å². The SMILES string of the molecule is CCCOc1ccc(-n2cc(C#N)c(N)c2C(=O)OC)cc1Cl. The Hall–Kier alpha value is -2.65. The van der Waals surface area contributed by atoms with Gasteiger partial charge in [-0.15, -0.1) is 0 Å². The molecule has 7 heteroatoms.